The topological polar surface area (TPSA) is 51.2 Å². The van der Waals surface area contributed by atoms with Gasteiger partial charge in [0.15, 0.2) is 0 Å². The highest BCUT2D eigenvalue weighted by molar-refractivity contribution is 5.31. The summed E-state index contributed by atoms with van der Waals surface area (Å²) in [5.74, 6) is 1.61. The highest BCUT2D eigenvalue weighted by Crippen LogP contribution is 2.17. The Hall–Kier alpha value is -1.30. The normalized spacial score (nSPS) is 20.5. The molecule has 0 amide bonds. The molecule has 94 valence electrons. The first-order valence-corrected chi connectivity index (χ1v) is 5.60. The Kier molecular flexibility index (Phi) is 4.19. The molecule has 5 nitrogen and oxygen atoms in total. The van der Waals surface area contributed by atoms with Gasteiger partial charge >= 0.3 is 0 Å². The molecular weight excluding hydrogens is 222 g/mol. The lowest BCUT2D eigenvalue weighted by Gasteiger charge is -2.14. The van der Waals surface area contributed by atoms with Crippen molar-refractivity contribution in [2.24, 2.45) is 0 Å². The van der Waals surface area contributed by atoms with Gasteiger partial charge in [0.1, 0.15) is 18.1 Å². The minimum atomic E-state index is -0.379. The summed E-state index contributed by atoms with van der Waals surface area (Å²) in [6.45, 7) is 2.09. The molecule has 0 spiro atoms. The monoisotopic (exact) mass is 239 g/mol. The minimum Gasteiger partial charge on any atom is -0.497 e. The summed E-state index contributed by atoms with van der Waals surface area (Å²) >= 11 is 0. The van der Waals surface area contributed by atoms with Crippen molar-refractivity contribution in [2.45, 2.75) is 6.10 Å². The van der Waals surface area contributed by atoms with E-state index in [-0.39, 0.29) is 6.10 Å². The van der Waals surface area contributed by atoms with E-state index in [0.29, 0.717) is 26.3 Å². The molecule has 1 saturated heterocycles. The number of methoxy groups -OCH3 is 1. The molecule has 1 N–H and O–H groups in total. The number of aliphatic hydroxyl groups excluding tert-OH is 1. The van der Waals surface area contributed by atoms with Gasteiger partial charge in [-0.1, -0.05) is 0 Å². The van der Waals surface area contributed by atoms with Crippen LogP contribution in [0.5, 0.6) is 11.5 Å². The van der Waals surface area contributed by atoms with Crippen LogP contribution >= 0.6 is 0 Å². The van der Waals surface area contributed by atoms with E-state index in [4.69, 9.17) is 14.3 Å². The largest absolute Gasteiger partial charge is 0.497 e. The summed E-state index contributed by atoms with van der Waals surface area (Å²) in [5, 5.41) is 11.0. The van der Waals surface area contributed by atoms with Crippen LogP contribution in [0.2, 0.25) is 0 Å². The number of β-amino-alcohol motifs (C(OH)–C–C–N with tert-alkyl or cyclic N) is 1. The van der Waals surface area contributed by atoms with Crippen LogP contribution in [0.1, 0.15) is 0 Å². The third kappa shape index (κ3) is 3.59. The standard InChI is InChI=1S/C12H17NO4/c1-15-11-2-4-12(5-3-11)16-7-6-13-8-10(14)9-17-13/h2-5,10,14H,6-9H2,1H3/t10-/m0/s1. The molecule has 1 atom stereocenters. The summed E-state index contributed by atoms with van der Waals surface area (Å²) in [5.41, 5.74) is 0. The number of nitrogens with zero attached hydrogens (tertiary/aromatic N) is 1. The first-order valence-electron chi connectivity index (χ1n) is 5.60. The quantitative estimate of drug-likeness (QED) is 0.819. The number of benzene rings is 1. The van der Waals surface area contributed by atoms with Crippen LogP contribution in [0.3, 0.4) is 0 Å². The average Bonchev–Trinajstić information content (AvgIpc) is 2.76. The molecule has 0 saturated carbocycles. The number of aliphatic hydroxyl groups is 1. The summed E-state index contributed by atoms with van der Waals surface area (Å²) in [7, 11) is 1.63. The average molecular weight is 239 g/mol. The molecule has 1 aromatic rings. The van der Waals surface area contributed by atoms with Crippen LogP contribution in [0.25, 0.3) is 0 Å². The zero-order valence-corrected chi connectivity index (χ0v) is 9.83. The van der Waals surface area contributed by atoms with E-state index in [1.54, 1.807) is 12.2 Å². The molecule has 17 heavy (non-hydrogen) atoms. The van der Waals surface area contributed by atoms with E-state index in [2.05, 4.69) is 0 Å². The molecule has 0 unspecified atom stereocenters. The predicted molar refractivity (Wildman–Crippen MR) is 62.0 cm³/mol. The molecule has 1 aliphatic heterocycles. The lowest BCUT2D eigenvalue weighted by Crippen LogP contribution is -2.26. The minimum absolute atomic E-state index is 0.378. The molecule has 2 rings (SSSR count). The highest BCUT2D eigenvalue weighted by atomic mass is 16.7. The molecule has 0 bridgehead atoms. The van der Waals surface area contributed by atoms with E-state index in [1.165, 1.54) is 0 Å². The highest BCUT2D eigenvalue weighted by Gasteiger charge is 2.20. The van der Waals surface area contributed by atoms with E-state index in [0.717, 1.165) is 11.5 Å². The molecular formula is C12H17NO4. The van der Waals surface area contributed by atoms with Gasteiger partial charge in [-0.15, -0.1) is 0 Å². The molecule has 0 aromatic heterocycles. The number of hydrogen-bond donors (Lipinski definition) is 1. The van der Waals surface area contributed by atoms with Crippen molar-refractivity contribution in [2.75, 3.05) is 33.4 Å². The van der Waals surface area contributed by atoms with E-state index < -0.39 is 0 Å². The Morgan fingerprint density at radius 1 is 1.35 bits per heavy atom. The van der Waals surface area contributed by atoms with Crippen molar-refractivity contribution >= 4 is 0 Å². The fraction of sp³-hybridized carbons (Fsp3) is 0.500. The van der Waals surface area contributed by atoms with Crippen molar-refractivity contribution in [1.82, 2.24) is 5.06 Å². The van der Waals surface area contributed by atoms with Gasteiger partial charge in [0.2, 0.25) is 0 Å². The van der Waals surface area contributed by atoms with Crippen LogP contribution in [-0.2, 0) is 4.84 Å². The zero-order valence-electron chi connectivity index (χ0n) is 9.83. The van der Waals surface area contributed by atoms with Crippen LogP contribution in [-0.4, -0.2) is 49.7 Å². The first kappa shape index (κ1) is 12.2. The molecule has 0 radical (unpaired) electrons. The number of hydrogen-bond acceptors (Lipinski definition) is 5. The summed E-state index contributed by atoms with van der Waals surface area (Å²) < 4.78 is 10.6. The molecule has 5 heteroatoms. The van der Waals surface area contributed by atoms with Gasteiger partial charge in [0.25, 0.3) is 0 Å². The van der Waals surface area contributed by atoms with Crippen molar-refractivity contribution in [3.63, 3.8) is 0 Å². The van der Waals surface area contributed by atoms with Gasteiger partial charge in [-0.25, -0.2) is 0 Å². The zero-order chi connectivity index (χ0) is 12.1. The van der Waals surface area contributed by atoms with Crippen LogP contribution in [0.4, 0.5) is 0 Å². The third-order valence-electron chi connectivity index (χ3n) is 2.53. The van der Waals surface area contributed by atoms with E-state index >= 15 is 0 Å². The molecule has 1 aliphatic rings. The van der Waals surface area contributed by atoms with Crippen molar-refractivity contribution in [3.8, 4) is 11.5 Å². The second-order valence-corrected chi connectivity index (χ2v) is 3.86. The van der Waals surface area contributed by atoms with Crippen molar-refractivity contribution in [1.29, 1.82) is 0 Å². The Morgan fingerprint density at radius 3 is 2.65 bits per heavy atom. The number of hydroxylamine groups is 2. The van der Waals surface area contributed by atoms with Gasteiger partial charge in [-0.3, -0.25) is 4.84 Å². The number of rotatable bonds is 5. The molecule has 1 heterocycles. The summed E-state index contributed by atoms with van der Waals surface area (Å²) in [4.78, 5) is 5.22. The fourth-order valence-electron chi connectivity index (χ4n) is 1.63. The van der Waals surface area contributed by atoms with Gasteiger partial charge in [0, 0.05) is 0 Å². The lowest BCUT2D eigenvalue weighted by atomic mass is 10.3. The van der Waals surface area contributed by atoms with Crippen LogP contribution in [0, 0.1) is 0 Å². The second-order valence-electron chi connectivity index (χ2n) is 3.86. The smallest absolute Gasteiger partial charge is 0.119 e. The third-order valence-corrected chi connectivity index (χ3v) is 2.53. The second kappa shape index (κ2) is 5.86. The van der Waals surface area contributed by atoms with Gasteiger partial charge in [-0.2, -0.15) is 5.06 Å². The molecule has 1 fully saturated rings. The van der Waals surface area contributed by atoms with Crippen LogP contribution in [0.15, 0.2) is 24.3 Å². The van der Waals surface area contributed by atoms with Crippen molar-refractivity contribution in [3.05, 3.63) is 24.3 Å². The SMILES string of the molecule is COc1ccc(OCCN2C[C@H](O)CO2)cc1. The summed E-state index contributed by atoms with van der Waals surface area (Å²) in [6.07, 6.45) is -0.379. The fourth-order valence-corrected chi connectivity index (χ4v) is 1.63. The maximum Gasteiger partial charge on any atom is 0.119 e. The van der Waals surface area contributed by atoms with Crippen molar-refractivity contribution < 1.29 is 19.4 Å². The summed E-state index contributed by atoms with van der Waals surface area (Å²) in [6, 6.07) is 7.42. The maximum atomic E-state index is 9.25. The van der Waals surface area contributed by atoms with Gasteiger partial charge in [-0.05, 0) is 24.3 Å². The van der Waals surface area contributed by atoms with Gasteiger partial charge < -0.3 is 14.6 Å². The van der Waals surface area contributed by atoms with E-state index in [9.17, 15) is 5.11 Å². The Labute approximate surface area is 100 Å². The lowest BCUT2D eigenvalue weighted by molar-refractivity contribution is -0.115. The van der Waals surface area contributed by atoms with E-state index in [1.807, 2.05) is 24.3 Å². The Morgan fingerprint density at radius 2 is 2.06 bits per heavy atom. The Bertz CT molecular complexity index is 341. The van der Waals surface area contributed by atoms with Gasteiger partial charge in [0.05, 0.1) is 32.9 Å². The first-order chi connectivity index (χ1) is 8.28. The molecule has 1 aromatic carbocycles. The van der Waals surface area contributed by atoms with Crippen LogP contribution < -0.4 is 9.47 Å². The predicted octanol–water partition coefficient (Wildman–Crippen LogP) is 0.682. The maximum absolute atomic E-state index is 9.25. The number of ether oxygens (including phenoxy) is 2. The molecule has 0 aliphatic carbocycles. The Balaban J connectivity index is 1.70.